The summed E-state index contributed by atoms with van der Waals surface area (Å²) in [6.07, 6.45) is 10.0. The van der Waals surface area contributed by atoms with Crippen molar-refractivity contribution < 1.29 is 46.2 Å². The molecular weight excluding hydrogens is 811 g/mol. The van der Waals surface area contributed by atoms with Crippen molar-refractivity contribution in [2.24, 2.45) is 5.92 Å². The fourth-order valence-electron chi connectivity index (χ4n) is 8.81. The van der Waals surface area contributed by atoms with Crippen LogP contribution in [-0.4, -0.2) is 90.9 Å². The lowest BCUT2D eigenvalue weighted by atomic mass is 10.0. The third-order valence-corrected chi connectivity index (χ3v) is 15.1. The first-order valence-corrected chi connectivity index (χ1v) is 23.4. The molecule has 5 aliphatic rings. The molecule has 1 saturated heterocycles. The Morgan fingerprint density at radius 2 is 1.83 bits per heavy atom. The summed E-state index contributed by atoms with van der Waals surface area (Å²) in [6, 6.07) is 9.02. The summed E-state index contributed by atoms with van der Waals surface area (Å²) in [4.78, 5) is 63.8. The maximum atomic E-state index is 14.8. The minimum atomic E-state index is -3.91. The van der Waals surface area contributed by atoms with Crippen LogP contribution in [0.15, 0.2) is 58.3 Å². The number of furan rings is 1. The lowest BCUT2D eigenvalue weighted by Crippen LogP contribution is -2.58. The SMILES string of the molecule is COc1ccc2c(c1)oc1c(O[C@@H]3C[C@H]4C(=O)N[C@]5(C(=O)NS(=O)(=O)C6CC6)C[C@H]5C=CCCCCC[C@H](NC(=O)OC5CCCC5)C(=O)N4C3)cc(-c3cccs3)nc12. The third-order valence-electron chi connectivity index (χ3n) is 12.4. The van der Waals surface area contributed by atoms with E-state index in [1.807, 2.05) is 41.8 Å². The highest BCUT2D eigenvalue weighted by molar-refractivity contribution is 7.91. The number of hydrogen-bond acceptors (Lipinski definition) is 12. The average Bonchev–Trinajstić information content (AvgIpc) is 3.84. The second kappa shape index (κ2) is 16.4. The number of alkyl carbamates (subject to hydrolysis) is 1. The fraction of sp³-hybridized carbons (Fsp3) is 0.512. The van der Waals surface area contributed by atoms with E-state index in [4.69, 9.17) is 23.6 Å². The number of carbonyl (C=O) groups excluding carboxylic acids is 4. The smallest absolute Gasteiger partial charge is 0.408 e. The normalized spacial score (nSPS) is 26.4. The van der Waals surface area contributed by atoms with E-state index < -0.39 is 68.7 Å². The topological polar surface area (TPSA) is 195 Å². The largest absolute Gasteiger partial charge is 0.497 e. The Hall–Kier alpha value is -5.16. The van der Waals surface area contributed by atoms with E-state index in [0.29, 0.717) is 66.0 Å². The monoisotopic (exact) mass is 859 g/mol. The molecule has 15 nitrogen and oxygen atoms in total. The maximum absolute atomic E-state index is 14.8. The van der Waals surface area contributed by atoms with E-state index in [-0.39, 0.29) is 25.5 Å². The van der Waals surface area contributed by atoms with Crippen LogP contribution in [0.1, 0.15) is 83.5 Å². The van der Waals surface area contributed by atoms with Gasteiger partial charge in [-0.1, -0.05) is 31.1 Å². The second-order valence-electron chi connectivity index (χ2n) is 16.6. The van der Waals surface area contributed by atoms with Gasteiger partial charge in [0.25, 0.3) is 5.91 Å². The minimum Gasteiger partial charge on any atom is -0.497 e. The number of rotatable bonds is 9. The molecule has 3 N–H and O–H groups in total. The van der Waals surface area contributed by atoms with Crippen molar-refractivity contribution in [2.75, 3.05) is 13.7 Å². The van der Waals surface area contributed by atoms with Gasteiger partial charge < -0.3 is 34.2 Å². The molecule has 0 spiro atoms. The van der Waals surface area contributed by atoms with Crippen LogP contribution in [0.4, 0.5) is 4.79 Å². The standard InChI is InChI=1S/C43H49N5O10S2/c1-55-27-15-18-30-34(21-27)58-38-35(22-32(44-37(30)38)36-14-9-19-59-36)56-28-20-33-39(49)46-43(41(51)47-60(53,54)29-16-17-29)23-25(43)10-5-3-2-4-6-13-31(40(50)48(33)24-28)45-42(52)57-26-11-7-8-12-26/h5,9-10,14-15,18-19,21-22,25-26,28-29,31,33H,2-4,6-8,11-13,16-17,20,23-24H2,1H3,(H,45,52)(H,46,49)(H,47,51)/t25-,28-,31+,33+,43-/m1/s1. The Balaban J connectivity index is 1.05. The van der Waals surface area contributed by atoms with Gasteiger partial charge in [-0.3, -0.25) is 19.1 Å². The van der Waals surface area contributed by atoms with Gasteiger partial charge in [-0.15, -0.1) is 11.3 Å². The van der Waals surface area contributed by atoms with Crippen molar-refractivity contribution in [3.63, 3.8) is 0 Å². The first-order chi connectivity index (χ1) is 29.0. The molecule has 5 atom stereocenters. The molecule has 0 unspecified atom stereocenters. The van der Waals surface area contributed by atoms with Gasteiger partial charge in [0, 0.05) is 29.9 Å². The van der Waals surface area contributed by atoms with Crippen LogP contribution >= 0.6 is 11.3 Å². The van der Waals surface area contributed by atoms with Gasteiger partial charge in [0.05, 0.1) is 29.5 Å². The van der Waals surface area contributed by atoms with Crippen molar-refractivity contribution in [1.82, 2.24) is 25.2 Å². The van der Waals surface area contributed by atoms with Crippen LogP contribution in [-0.2, 0) is 29.1 Å². The molecule has 0 bridgehead atoms. The highest BCUT2D eigenvalue weighted by Gasteiger charge is 2.62. The van der Waals surface area contributed by atoms with Gasteiger partial charge in [-0.05, 0) is 87.8 Å². The van der Waals surface area contributed by atoms with E-state index in [0.717, 1.165) is 48.8 Å². The summed E-state index contributed by atoms with van der Waals surface area (Å²) in [5.41, 5.74) is 0.626. The van der Waals surface area contributed by atoms with E-state index in [1.165, 1.54) is 16.2 Å². The van der Waals surface area contributed by atoms with E-state index >= 15 is 0 Å². The number of hydrogen-bond donors (Lipinski definition) is 3. The number of methoxy groups -OCH3 is 1. The summed E-state index contributed by atoms with van der Waals surface area (Å²) in [5.74, 6) is -1.36. The molecule has 17 heteroatoms. The van der Waals surface area contributed by atoms with Gasteiger partial charge in [0.1, 0.15) is 46.7 Å². The van der Waals surface area contributed by atoms with Gasteiger partial charge in [0.15, 0.2) is 11.3 Å². The number of ether oxygens (including phenoxy) is 3. The molecule has 3 aliphatic carbocycles. The number of benzene rings is 1. The minimum absolute atomic E-state index is 0.0294. The predicted octanol–water partition coefficient (Wildman–Crippen LogP) is 6.11. The number of nitrogens with one attached hydrogen (secondary N) is 3. The Morgan fingerprint density at radius 3 is 2.60 bits per heavy atom. The van der Waals surface area contributed by atoms with Crippen molar-refractivity contribution in [2.45, 2.75) is 119 Å². The highest BCUT2D eigenvalue weighted by atomic mass is 32.2. The third kappa shape index (κ3) is 8.17. The van der Waals surface area contributed by atoms with Crippen LogP contribution < -0.4 is 24.8 Å². The first-order valence-electron chi connectivity index (χ1n) is 21.0. The molecule has 60 heavy (non-hydrogen) atoms. The van der Waals surface area contributed by atoms with Gasteiger partial charge >= 0.3 is 6.09 Å². The summed E-state index contributed by atoms with van der Waals surface area (Å²) in [5, 5.41) is 7.82. The van der Waals surface area contributed by atoms with Crippen LogP contribution in [0.25, 0.3) is 32.6 Å². The Kier molecular flexibility index (Phi) is 11.0. The summed E-state index contributed by atoms with van der Waals surface area (Å²) in [7, 11) is -2.34. The van der Waals surface area contributed by atoms with Gasteiger partial charge in [-0.2, -0.15) is 0 Å². The summed E-state index contributed by atoms with van der Waals surface area (Å²) < 4.78 is 52.4. The number of pyridine rings is 1. The molecule has 4 aromatic rings. The number of sulfonamides is 1. The van der Waals surface area contributed by atoms with Gasteiger partial charge in [0.2, 0.25) is 21.8 Å². The van der Waals surface area contributed by atoms with Crippen molar-refractivity contribution in [3.05, 3.63) is 53.9 Å². The van der Waals surface area contributed by atoms with Crippen LogP contribution in [0.2, 0.25) is 0 Å². The van der Waals surface area contributed by atoms with E-state index in [1.54, 1.807) is 19.2 Å². The molecule has 4 fully saturated rings. The lowest BCUT2D eigenvalue weighted by molar-refractivity contribution is -0.141. The Bertz CT molecular complexity index is 2440. The molecule has 9 rings (SSSR count). The molecule has 3 saturated carbocycles. The van der Waals surface area contributed by atoms with Gasteiger partial charge in [-0.25, -0.2) is 18.2 Å². The molecule has 0 radical (unpaired) electrons. The zero-order valence-electron chi connectivity index (χ0n) is 33.4. The Morgan fingerprint density at radius 1 is 1.02 bits per heavy atom. The number of allylic oxidation sites excluding steroid dienone is 1. The van der Waals surface area contributed by atoms with E-state index in [9.17, 15) is 27.6 Å². The quantitative estimate of drug-likeness (QED) is 0.165. The average molecular weight is 860 g/mol. The Labute approximate surface area is 351 Å². The van der Waals surface area contributed by atoms with Crippen LogP contribution in [0.3, 0.4) is 0 Å². The molecule has 2 aliphatic heterocycles. The second-order valence-corrected chi connectivity index (χ2v) is 19.5. The molecule has 5 heterocycles. The zero-order valence-corrected chi connectivity index (χ0v) is 35.0. The zero-order chi connectivity index (χ0) is 41.6. The number of aromatic nitrogens is 1. The molecular formula is C43H49N5O10S2. The van der Waals surface area contributed by atoms with Crippen molar-refractivity contribution in [1.29, 1.82) is 0 Å². The first kappa shape index (κ1) is 40.3. The number of carbonyl (C=O) groups is 4. The number of fused-ring (bicyclic) bond motifs is 5. The lowest BCUT2D eigenvalue weighted by Gasteiger charge is -2.30. The molecule has 4 amide bonds. The number of thiophene rings is 1. The summed E-state index contributed by atoms with van der Waals surface area (Å²) >= 11 is 1.52. The maximum Gasteiger partial charge on any atom is 0.408 e. The summed E-state index contributed by atoms with van der Waals surface area (Å²) in [6.45, 7) is -0.0302. The molecule has 1 aromatic carbocycles. The molecule has 3 aromatic heterocycles. The van der Waals surface area contributed by atoms with Crippen LogP contribution in [0.5, 0.6) is 11.5 Å². The predicted molar refractivity (Wildman–Crippen MR) is 223 cm³/mol. The van der Waals surface area contributed by atoms with Crippen molar-refractivity contribution >= 4 is 67.2 Å². The number of nitrogens with zero attached hydrogens (tertiary/aromatic N) is 2. The number of amides is 4. The van der Waals surface area contributed by atoms with Crippen molar-refractivity contribution in [3.8, 4) is 22.1 Å². The van der Waals surface area contributed by atoms with Crippen LogP contribution in [0, 0.1) is 5.92 Å². The molecule has 318 valence electrons. The highest BCUT2D eigenvalue weighted by Crippen LogP contribution is 2.46. The fourth-order valence-corrected chi connectivity index (χ4v) is 10.9. The van der Waals surface area contributed by atoms with E-state index in [2.05, 4.69) is 15.4 Å².